The third-order valence-corrected chi connectivity index (χ3v) is 3.60. The lowest BCUT2D eigenvalue weighted by Crippen LogP contribution is -2.32. The molecule has 0 radical (unpaired) electrons. The van der Waals surface area contributed by atoms with Crippen LogP contribution in [0.3, 0.4) is 0 Å². The van der Waals surface area contributed by atoms with Crippen LogP contribution in [0.5, 0.6) is 0 Å². The molecule has 6 heteroatoms. The summed E-state index contributed by atoms with van der Waals surface area (Å²) in [5.41, 5.74) is 1.41. The number of aromatic nitrogens is 4. The number of amides is 1. The zero-order valence-electron chi connectivity index (χ0n) is 13.4. The van der Waals surface area contributed by atoms with Gasteiger partial charge in [0.25, 0.3) is 5.91 Å². The van der Waals surface area contributed by atoms with Gasteiger partial charge in [0.05, 0.1) is 5.69 Å². The molecular weight excluding hydrogens is 278 g/mol. The van der Waals surface area contributed by atoms with E-state index in [1.165, 1.54) is 12.8 Å². The van der Waals surface area contributed by atoms with Crippen molar-refractivity contribution in [1.82, 2.24) is 25.5 Å². The largest absolute Gasteiger partial charge is 0.350 e. The van der Waals surface area contributed by atoms with Gasteiger partial charge in [-0.25, -0.2) is 0 Å². The summed E-state index contributed by atoms with van der Waals surface area (Å²) in [6.07, 6.45) is 4.54. The van der Waals surface area contributed by atoms with Crippen LogP contribution in [0.25, 0.3) is 5.69 Å². The standard InChI is InChI=1S/C16H23N5O/c1-4-5-6-8-12(2)17-16(22)14-9-7-10-15(11-14)21-13(3)18-19-20-21/h7,9-12H,4-6,8H2,1-3H3,(H,17,22)/t12-/m0/s1. The Morgan fingerprint density at radius 1 is 1.36 bits per heavy atom. The van der Waals surface area contributed by atoms with E-state index in [9.17, 15) is 4.79 Å². The van der Waals surface area contributed by atoms with Crippen LogP contribution in [0.15, 0.2) is 24.3 Å². The van der Waals surface area contributed by atoms with Crippen molar-refractivity contribution in [2.24, 2.45) is 0 Å². The number of nitrogens with zero attached hydrogens (tertiary/aromatic N) is 4. The summed E-state index contributed by atoms with van der Waals surface area (Å²) >= 11 is 0. The number of hydrogen-bond acceptors (Lipinski definition) is 4. The monoisotopic (exact) mass is 301 g/mol. The fourth-order valence-corrected chi connectivity index (χ4v) is 2.33. The van der Waals surface area contributed by atoms with E-state index >= 15 is 0 Å². The Bertz CT molecular complexity index is 623. The van der Waals surface area contributed by atoms with Crippen LogP contribution in [-0.2, 0) is 0 Å². The van der Waals surface area contributed by atoms with Gasteiger partial charge in [-0.2, -0.15) is 4.68 Å². The minimum Gasteiger partial charge on any atom is -0.350 e. The Morgan fingerprint density at radius 2 is 2.18 bits per heavy atom. The summed E-state index contributed by atoms with van der Waals surface area (Å²) in [7, 11) is 0. The van der Waals surface area contributed by atoms with Crippen LogP contribution < -0.4 is 5.32 Å². The highest BCUT2D eigenvalue weighted by Crippen LogP contribution is 2.11. The molecule has 118 valence electrons. The van der Waals surface area contributed by atoms with Gasteiger partial charge in [0, 0.05) is 11.6 Å². The Hall–Kier alpha value is -2.24. The highest BCUT2D eigenvalue weighted by Gasteiger charge is 2.11. The van der Waals surface area contributed by atoms with Gasteiger partial charge in [-0.05, 0) is 48.9 Å². The molecular formula is C16H23N5O. The Labute approximate surface area is 130 Å². The molecule has 1 atom stereocenters. The average Bonchev–Trinajstić information content (AvgIpc) is 2.94. The molecule has 1 amide bonds. The third-order valence-electron chi connectivity index (χ3n) is 3.60. The maximum Gasteiger partial charge on any atom is 0.251 e. The molecule has 2 aromatic rings. The lowest BCUT2D eigenvalue weighted by atomic mass is 10.1. The van der Waals surface area contributed by atoms with Gasteiger partial charge in [0.2, 0.25) is 0 Å². The molecule has 0 saturated heterocycles. The first kappa shape index (κ1) is 16.1. The molecule has 0 aliphatic heterocycles. The number of aryl methyl sites for hydroxylation is 1. The molecule has 1 heterocycles. The van der Waals surface area contributed by atoms with Gasteiger partial charge >= 0.3 is 0 Å². The van der Waals surface area contributed by atoms with Gasteiger partial charge in [-0.15, -0.1) is 5.10 Å². The molecule has 0 spiro atoms. The Balaban J connectivity index is 2.03. The Morgan fingerprint density at radius 3 is 2.86 bits per heavy atom. The molecule has 0 bridgehead atoms. The van der Waals surface area contributed by atoms with Crippen LogP contribution in [0.4, 0.5) is 0 Å². The summed E-state index contributed by atoms with van der Waals surface area (Å²) in [5, 5.41) is 14.4. The molecule has 0 aliphatic rings. The van der Waals surface area contributed by atoms with E-state index in [2.05, 4.69) is 27.8 Å². The smallest absolute Gasteiger partial charge is 0.251 e. The predicted octanol–water partition coefficient (Wildman–Crippen LogP) is 2.67. The second-order valence-electron chi connectivity index (χ2n) is 5.56. The number of unbranched alkanes of at least 4 members (excludes halogenated alkanes) is 2. The molecule has 1 aromatic carbocycles. The molecule has 2 rings (SSSR count). The lowest BCUT2D eigenvalue weighted by Gasteiger charge is -2.14. The second-order valence-corrected chi connectivity index (χ2v) is 5.56. The number of benzene rings is 1. The van der Waals surface area contributed by atoms with Crippen LogP contribution in [0.1, 0.15) is 55.7 Å². The minimum absolute atomic E-state index is 0.0587. The first-order valence-electron chi connectivity index (χ1n) is 7.78. The van der Waals surface area contributed by atoms with Gasteiger partial charge in [-0.1, -0.05) is 32.3 Å². The van der Waals surface area contributed by atoms with Crippen molar-refractivity contribution in [1.29, 1.82) is 0 Å². The predicted molar refractivity (Wildman–Crippen MR) is 85.0 cm³/mol. The topological polar surface area (TPSA) is 72.7 Å². The zero-order valence-corrected chi connectivity index (χ0v) is 13.4. The highest BCUT2D eigenvalue weighted by atomic mass is 16.1. The van der Waals surface area contributed by atoms with E-state index in [1.54, 1.807) is 16.8 Å². The fourth-order valence-electron chi connectivity index (χ4n) is 2.33. The van der Waals surface area contributed by atoms with Crippen molar-refractivity contribution in [3.05, 3.63) is 35.7 Å². The van der Waals surface area contributed by atoms with Crippen LogP contribution >= 0.6 is 0 Å². The molecule has 0 unspecified atom stereocenters. The summed E-state index contributed by atoms with van der Waals surface area (Å²) in [6, 6.07) is 7.50. The molecule has 6 nitrogen and oxygen atoms in total. The number of carbonyl (C=O) groups is 1. The van der Waals surface area contributed by atoms with Crippen LogP contribution in [0.2, 0.25) is 0 Å². The van der Waals surface area contributed by atoms with Crippen molar-refractivity contribution in [2.45, 2.75) is 52.5 Å². The molecule has 22 heavy (non-hydrogen) atoms. The number of tetrazole rings is 1. The molecule has 1 N–H and O–H groups in total. The summed E-state index contributed by atoms with van der Waals surface area (Å²) in [4.78, 5) is 12.3. The summed E-state index contributed by atoms with van der Waals surface area (Å²) in [5.74, 6) is 0.627. The quantitative estimate of drug-likeness (QED) is 0.798. The van der Waals surface area contributed by atoms with Crippen molar-refractivity contribution in [2.75, 3.05) is 0 Å². The minimum atomic E-state index is -0.0587. The van der Waals surface area contributed by atoms with E-state index in [0.717, 1.165) is 18.5 Å². The van der Waals surface area contributed by atoms with Gasteiger partial charge in [0.1, 0.15) is 0 Å². The van der Waals surface area contributed by atoms with E-state index in [0.29, 0.717) is 11.4 Å². The van der Waals surface area contributed by atoms with Crippen molar-refractivity contribution >= 4 is 5.91 Å². The molecule has 0 aliphatic carbocycles. The van der Waals surface area contributed by atoms with Gasteiger partial charge in [-0.3, -0.25) is 4.79 Å². The Kier molecular flexibility index (Phi) is 5.63. The maximum absolute atomic E-state index is 12.3. The van der Waals surface area contributed by atoms with Crippen LogP contribution in [-0.4, -0.2) is 32.2 Å². The van der Waals surface area contributed by atoms with E-state index in [1.807, 2.05) is 26.0 Å². The van der Waals surface area contributed by atoms with Crippen molar-refractivity contribution < 1.29 is 4.79 Å². The number of rotatable bonds is 7. The number of nitrogens with one attached hydrogen (secondary N) is 1. The van der Waals surface area contributed by atoms with Crippen molar-refractivity contribution in [3.63, 3.8) is 0 Å². The summed E-state index contributed by atoms with van der Waals surface area (Å²) in [6.45, 7) is 6.04. The molecule has 0 fully saturated rings. The summed E-state index contributed by atoms with van der Waals surface area (Å²) < 4.78 is 1.61. The zero-order chi connectivity index (χ0) is 15.9. The first-order chi connectivity index (χ1) is 10.6. The van der Waals surface area contributed by atoms with Crippen molar-refractivity contribution in [3.8, 4) is 5.69 Å². The van der Waals surface area contributed by atoms with Gasteiger partial charge in [0.15, 0.2) is 5.82 Å². The van der Waals surface area contributed by atoms with E-state index in [-0.39, 0.29) is 11.9 Å². The average molecular weight is 301 g/mol. The fraction of sp³-hybridized carbons (Fsp3) is 0.500. The second kappa shape index (κ2) is 7.68. The first-order valence-corrected chi connectivity index (χ1v) is 7.78. The maximum atomic E-state index is 12.3. The third kappa shape index (κ3) is 4.13. The highest BCUT2D eigenvalue weighted by molar-refractivity contribution is 5.94. The number of carbonyl (C=O) groups excluding carboxylic acids is 1. The van der Waals surface area contributed by atoms with E-state index in [4.69, 9.17) is 0 Å². The normalized spacial score (nSPS) is 12.1. The molecule has 1 aromatic heterocycles. The van der Waals surface area contributed by atoms with Crippen LogP contribution in [0, 0.1) is 6.92 Å². The molecule has 0 saturated carbocycles. The van der Waals surface area contributed by atoms with Gasteiger partial charge < -0.3 is 5.32 Å². The van der Waals surface area contributed by atoms with E-state index < -0.39 is 0 Å². The number of hydrogen-bond donors (Lipinski definition) is 1. The lowest BCUT2D eigenvalue weighted by molar-refractivity contribution is 0.0938. The SMILES string of the molecule is CCCCC[C@H](C)NC(=O)c1cccc(-n2nnnc2C)c1.